The third kappa shape index (κ3) is 2.92. The first-order valence-electron chi connectivity index (χ1n) is 5.58. The van der Waals surface area contributed by atoms with Gasteiger partial charge in [0.2, 0.25) is 5.78 Å². The molecule has 1 aromatic carbocycles. The van der Waals surface area contributed by atoms with E-state index in [-0.39, 0.29) is 5.78 Å². The molecule has 2 aromatic rings. The molecule has 0 aliphatic carbocycles. The minimum atomic E-state index is -0.517. The highest BCUT2D eigenvalue weighted by atomic mass is 35.5. The Labute approximate surface area is 115 Å². The lowest BCUT2D eigenvalue weighted by molar-refractivity contribution is 0.0818. The molecule has 2 rings (SSSR count). The van der Waals surface area contributed by atoms with Crippen molar-refractivity contribution in [3.8, 4) is 5.75 Å². The van der Waals surface area contributed by atoms with Crippen LogP contribution in [-0.4, -0.2) is 11.9 Å². The van der Waals surface area contributed by atoms with Crippen LogP contribution < -0.4 is 4.74 Å². The summed E-state index contributed by atoms with van der Waals surface area (Å²) in [5, 5.41) is 2.51. The second-order valence-corrected chi connectivity index (χ2v) is 5.53. The van der Waals surface area contributed by atoms with Gasteiger partial charge in [0.05, 0.1) is 0 Å². The van der Waals surface area contributed by atoms with Crippen LogP contribution in [0.25, 0.3) is 0 Å². The maximum atomic E-state index is 12.2. The van der Waals surface area contributed by atoms with Crippen molar-refractivity contribution in [2.45, 2.75) is 20.0 Å². The first-order valence-corrected chi connectivity index (χ1v) is 6.84. The molecule has 94 valence electrons. The quantitative estimate of drug-likeness (QED) is 0.778. The largest absolute Gasteiger partial charge is 0.483 e. The number of carbonyl (C=O) groups is 1. The molecule has 0 radical (unpaired) electrons. The number of rotatable bonds is 4. The number of aryl methyl sites for hydroxylation is 1. The summed E-state index contributed by atoms with van der Waals surface area (Å²) in [7, 11) is 0. The van der Waals surface area contributed by atoms with E-state index in [1.54, 1.807) is 42.5 Å². The second kappa shape index (κ2) is 5.55. The van der Waals surface area contributed by atoms with Gasteiger partial charge in [0.1, 0.15) is 5.75 Å². The van der Waals surface area contributed by atoms with E-state index in [4.69, 9.17) is 16.3 Å². The Morgan fingerprint density at radius 2 is 2.17 bits per heavy atom. The van der Waals surface area contributed by atoms with Crippen LogP contribution in [0.2, 0.25) is 5.02 Å². The predicted octanol–water partition coefficient (Wildman–Crippen LogP) is 4.36. The first-order chi connectivity index (χ1) is 8.58. The van der Waals surface area contributed by atoms with E-state index in [1.807, 2.05) is 18.4 Å². The highest BCUT2D eigenvalue weighted by Gasteiger charge is 2.19. The second-order valence-electron chi connectivity index (χ2n) is 3.97. The zero-order valence-corrected chi connectivity index (χ0v) is 11.7. The van der Waals surface area contributed by atoms with E-state index >= 15 is 0 Å². The molecule has 0 amide bonds. The van der Waals surface area contributed by atoms with Crippen molar-refractivity contribution in [3.63, 3.8) is 0 Å². The number of thiophene rings is 1. The fourth-order valence-corrected chi connectivity index (χ4v) is 2.54. The van der Waals surface area contributed by atoms with Crippen LogP contribution in [0.15, 0.2) is 35.7 Å². The number of carbonyl (C=O) groups excluding carboxylic acids is 1. The molecule has 0 spiro atoms. The predicted molar refractivity (Wildman–Crippen MR) is 74.9 cm³/mol. The molecule has 0 bridgehead atoms. The summed E-state index contributed by atoms with van der Waals surface area (Å²) in [4.78, 5) is 13.2. The topological polar surface area (TPSA) is 26.3 Å². The van der Waals surface area contributed by atoms with Crippen LogP contribution in [0.5, 0.6) is 5.75 Å². The molecule has 0 aliphatic heterocycles. The Morgan fingerprint density at radius 1 is 1.39 bits per heavy atom. The van der Waals surface area contributed by atoms with Gasteiger partial charge in [-0.1, -0.05) is 17.7 Å². The number of Topliss-reactive ketones (excluding diaryl/α,β-unsaturated/α-hetero) is 1. The van der Waals surface area contributed by atoms with Crippen molar-refractivity contribution in [1.82, 2.24) is 0 Å². The number of hydrogen-bond acceptors (Lipinski definition) is 3. The fraction of sp³-hybridized carbons (Fsp3) is 0.214. The Hall–Kier alpha value is -1.32. The van der Waals surface area contributed by atoms with Gasteiger partial charge in [-0.05, 0) is 43.5 Å². The Kier molecular flexibility index (Phi) is 4.04. The third-order valence-electron chi connectivity index (χ3n) is 2.60. The molecule has 1 unspecified atom stereocenters. The average molecular weight is 281 g/mol. The molecule has 0 fully saturated rings. The summed E-state index contributed by atoms with van der Waals surface area (Å²) in [5.74, 6) is 0.602. The maximum Gasteiger partial charge on any atom is 0.204 e. The highest BCUT2D eigenvalue weighted by Crippen LogP contribution is 2.21. The van der Waals surface area contributed by atoms with Gasteiger partial charge in [-0.3, -0.25) is 4.79 Å². The number of hydrogen-bond donors (Lipinski definition) is 0. The SMILES string of the molecule is Cc1sccc1C(=O)C(C)Oc1cccc(Cl)c1. The van der Waals surface area contributed by atoms with Gasteiger partial charge in [-0.25, -0.2) is 0 Å². The molecule has 0 saturated carbocycles. The number of ketones is 1. The number of ether oxygens (including phenoxy) is 1. The summed E-state index contributed by atoms with van der Waals surface area (Å²) in [5.41, 5.74) is 0.731. The molecule has 0 saturated heterocycles. The van der Waals surface area contributed by atoms with Crippen molar-refractivity contribution in [2.75, 3.05) is 0 Å². The molecule has 1 heterocycles. The fourth-order valence-electron chi connectivity index (χ4n) is 1.66. The minimum absolute atomic E-state index is 0.00581. The van der Waals surface area contributed by atoms with Gasteiger partial charge in [0, 0.05) is 15.5 Å². The molecule has 1 aromatic heterocycles. The van der Waals surface area contributed by atoms with Gasteiger partial charge >= 0.3 is 0 Å². The Balaban J connectivity index is 2.11. The van der Waals surface area contributed by atoms with E-state index in [0.29, 0.717) is 10.8 Å². The van der Waals surface area contributed by atoms with Crippen LogP contribution in [-0.2, 0) is 0 Å². The van der Waals surface area contributed by atoms with Crippen molar-refractivity contribution < 1.29 is 9.53 Å². The van der Waals surface area contributed by atoms with Gasteiger partial charge in [0.15, 0.2) is 6.10 Å². The zero-order valence-electron chi connectivity index (χ0n) is 10.1. The molecule has 0 N–H and O–H groups in total. The van der Waals surface area contributed by atoms with E-state index < -0.39 is 6.10 Å². The van der Waals surface area contributed by atoms with Gasteiger partial charge in [-0.15, -0.1) is 11.3 Å². The molecule has 0 aliphatic rings. The third-order valence-corrected chi connectivity index (χ3v) is 3.68. The summed E-state index contributed by atoms with van der Waals surface area (Å²) in [6, 6.07) is 8.89. The normalized spacial score (nSPS) is 12.2. The van der Waals surface area contributed by atoms with Crippen LogP contribution in [0, 0.1) is 6.92 Å². The van der Waals surface area contributed by atoms with Gasteiger partial charge < -0.3 is 4.74 Å². The van der Waals surface area contributed by atoms with Crippen molar-refractivity contribution in [2.24, 2.45) is 0 Å². The van der Waals surface area contributed by atoms with Crippen LogP contribution in [0.1, 0.15) is 22.2 Å². The maximum absolute atomic E-state index is 12.2. The van der Waals surface area contributed by atoms with Gasteiger partial charge in [-0.2, -0.15) is 0 Å². The monoisotopic (exact) mass is 280 g/mol. The number of halogens is 1. The Bertz CT molecular complexity index is 562. The molecular formula is C14H13ClO2S. The van der Waals surface area contributed by atoms with Crippen LogP contribution in [0.3, 0.4) is 0 Å². The van der Waals surface area contributed by atoms with Crippen LogP contribution >= 0.6 is 22.9 Å². The van der Waals surface area contributed by atoms with E-state index in [9.17, 15) is 4.79 Å². The summed E-state index contributed by atoms with van der Waals surface area (Å²) in [6.07, 6.45) is -0.517. The molecular weight excluding hydrogens is 268 g/mol. The molecule has 4 heteroatoms. The lowest BCUT2D eigenvalue weighted by Crippen LogP contribution is -2.24. The molecule has 2 nitrogen and oxygen atoms in total. The lowest BCUT2D eigenvalue weighted by Gasteiger charge is -2.13. The standard InChI is InChI=1S/C14H13ClO2S/c1-9(14(16)13-6-7-18-10(13)2)17-12-5-3-4-11(15)8-12/h3-9H,1-2H3. The zero-order chi connectivity index (χ0) is 13.1. The van der Waals surface area contributed by atoms with E-state index in [1.165, 1.54) is 0 Å². The van der Waals surface area contributed by atoms with E-state index in [2.05, 4.69) is 0 Å². The lowest BCUT2D eigenvalue weighted by atomic mass is 10.1. The van der Waals surface area contributed by atoms with Crippen molar-refractivity contribution >= 4 is 28.7 Å². The highest BCUT2D eigenvalue weighted by molar-refractivity contribution is 7.10. The first kappa shape index (κ1) is 13.1. The van der Waals surface area contributed by atoms with Crippen LogP contribution in [0.4, 0.5) is 0 Å². The summed E-state index contributed by atoms with van der Waals surface area (Å²) >= 11 is 7.43. The van der Waals surface area contributed by atoms with E-state index in [0.717, 1.165) is 10.4 Å². The molecule has 1 atom stereocenters. The number of benzene rings is 1. The molecule has 18 heavy (non-hydrogen) atoms. The minimum Gasteiger partial charge on any atom is -0.483 e. The van der Waals surface area contributed by atoms with Gasteiger partial charge in [0.25, 0.3) is 0 Å². The average Bonchev–Trinajstić information content (AvgIpc) is 2.74. The summed E-state index contributed by atoms with van der Waals surface area (Å²) < 4.78 is 5.61. The smallest absolute Gasteiger partial charge is 0.204 e. The van der Waals surface area contributed by atoms with Crippen molar-refractivity contribution in [3.05, 3.63) is 51.2 Å². The summed E-state index contributed by atoms with van der Waals surface area (Å²) in [6.45, 7) is 3.68. The van der Waals surface area contributed by atoms with Crippen molar-refractivity contribution in [1.29, 1.82) is 0 Å². The Morgan fingerprint density at radius 3 is 2.78 bits per heavy atom.